The Bertz CT molecular complexity index is 886. The molecule has 0 heterocycles. The zero-order chi connectivity index (χ0) is 23.6. The molecule has 6 heteroatoms. The lowest BCUT2D eigenvalue weighted by Gasteiger charge is -2.19. The predicted octanol–water partition coefficient (Wildman–Crippen LogP) is 4.26. The van der Waals surface area contributed by atoms with Crippen molar-refractivity contribution in [2.45, 2.75) is 52.9 Å². The zero-order valence-corrected chi connectivity index (χ0v) is 19.9. The van der Waals surface area contributed by atoms with Crippen molar-refractivity contribution in [3.05, 3.63) is 59.2 Å². The molecule has 2 amide bonds. The van der Waals surface area contributed by atoms with Crippen LogP contribution in [-0.4, -0.2) is 38.1 Å². The highest BCUT2D eigenvalue weighted by Crippen LogP contribution is 2.28. The van der Waals surface area contributed by atoms with Crippen LogP contribution in [0.5, 0.6) is 11.5 Å². The Morgan fingerprint density at radius 3 is 2.12 bits per heavy atom. The van der Waals surface area contributed by atoms with Crippen molar-refractivity contribution >= 4 is 11.8 Å². The molecule has 2 aromatic rings. The minimum Gasteiger partial charge on any atom is -0.490 e. The average molecular weight is 441 g/mol. The largest absolute Gasteiger partial charge is 0.490 e. The van der Waals surface area contributed by atoms with Crippen LogP contribution >= 0.6 is 0 Å². The van der Waals surface area contributed by atoms with E-state index < -0.39 is 0 Å². The van der Waals surface area contributed by atoms with Gasteiger partial charge in [0.05, 0.1) is 13.2 Å². The minimum absolute atomic E-state index is 0.0447. The van der Waals surface area contributed by atoms with E-state index in [0.29, 0.717) is 38.3 Å². The van der Waals surface area contributed by atoms with E-state index in [0.717, 1.165) is 17.1 Å². The van der Waals surface area contributed by atoms with Crippen molar-refractivity contribution in [1.29, 1.82) is 0 Å². The van der Waals surface area contributed by atoms with Gasteiger partial charge < -0.3 is 20.1 Å². The summed E-state index contributed by atoms with van der Waals surface area (Å²) < 4.78 is 11.2. The SMILES string of the molecule is CCOc1ccc(CCNC(=O)CCNC(=O)c2ccc(C(C)(C)C)cc2)cc1OCC. The number of carbonyl (C=O) groups excluding carboxylic acids is 2. The van der Waals surface area contributed by atoms with E-state index in [2.05, 4.69) is 31.4 Å². The van der Waals surface area contributed by atoms with Crippen molar-refractivity contribution in [1.82, 2.24) is 10.6 Å². The monoisotopic (exact) mass is 440 g/mol. The van der Waals surface area contributed by atoms with Crippen LogP contribution in [0.1, 0.15) is 62.5 Å². The first kappa shape index (κ1) is 25.2. The molecule has 6 nitrogen and oxygen atoms in total. The van der Waals surface area contributed by atoms with Gasteiger partial charge in [-0.15, -0.1) is 0 Å². The Balaban J connectivity index is 1.73. The lowest BCUT2D eigenvalue weighted by atomic mass is 9.87. The van der Waals surface area contributed by atoms with Crippen molar-refractivity contribution < 1.29 is 19.1 Å². The third kappa shape index (κ3) is 7.91. The normalized spacial score (nSPS) is 11.0. The minimum atomic E-state index is -0.170. The second-order valence-electron chi connectivity index (χ2n) is 8.58. The molecule has 2 rings (SSSR count). The third-order valence-electron chi connectivity index (χ3n) is 4.99. The summed E-state index contributed by atoms with van der Waals surface area (Å²) in [5, 5.41) is 5.70. The standard InChI is InChI=1S/C26H36N2O4/c1-6-31-22-13-8-19(18-23(22)32-7-2)14-16-27-24(29)15-17-28-25(30)20-9-11-21(12-10-20)26(3,4)5/h8-13,18H,6-7,14-17H2,1-5H3,(H,27,29)(H,28,30). The molecule has 0 atom stereocenters. The molecule has 0 radical (unpaired) electrons. The predicted molar refractivity (Wildman–Crippen MR) is 128 cm³/mol. The summed E-state index contributed by atoms with van der Waals surface area (Å²) >= 11 is 0. The lowest BCUT2D eigenvalue weighted by molar-refractivity contribution is -0.120. The van der Waals surface area contributed by atoms with Crippen LogP contribution in [0.15, 0.2) is 42.5 Å². The fourth-order valence-electron chi connectivity index (χ4n) is 3.20. The molecule has 2 aromatic carbocycles. The van der Waals surface area contributed by atoms with E-state index in [9.17, 15) is 9.59 Å². The van der Waals surface area contributed by atoms with Crippen LogP contribution in [0.25, 0.3) is 0 Å². The molecule has 174 valence electrons. The first-order valence-corrected chi connectivity index (χ1v) is 11.3. The quantitative estimate of drug-likeness (QED) is 0.547. The second kappa shape index (κ2) is 12.1. The highest BCUT2D eigenvalue weighted by atomic mass is 16.5. The smallest absolute Gasteiger partial charge is 0.251 e. The van der Waals surface area contributed by atoms with Gasteiger partial charge >= 0.3 is 0 Å². The van der Waals surface area contributed by atoms with Crippen LogP contribution in [0, 0.1) is 0 Å². The Hall–Kier alpha value is -3.02. The second-order valence-corrected chi connectivity index (χ2v) is 8.58. The molecular weight excluding hydrogens is 404 g/mol. The van der Waals surface area contributed by atoms with Crippen LogP contribution in [0.4, 0.5) is 0 Å². The lowest BCUT2D eigenvalue weighted by Crippen LogP contribution is -2.31. The van der Waals surface area contributed by atoms with Gasteiger partial charge in [-0.3, -0.25) is 9.59 Å². The summed E-state index contributed by atoms with van der Waals surface area (Å²) in [4.78, 5) is 24.4. The van der Waals surface area contributed by atoms with Crippen LogP contribution in [-0.2, 0) is 16.6 Å². The van der Waals surface area contributed by atoms with Gasteiger partial charge in [0, 0.05) is 25.1 Å². The fourth-order valence-corrected chi connectivity index (χ4v) is 3.20. The highest BCUT2D eigenvalue weighted by molar-refractivity contribution is 5.94. The molecule has 32 heavy (non-hydrogen) atoms. The number of amides is 2. The topological polar surface area (TPSA) is 76.7 Å². The molecule has 0 aromatic heterocycles. The van der Waals surface area contributed by atoms with Crippen molar-refractivity contribution in [2.24, 2.45) is 0 Å². The number of ether oxygens (including phenoxy) is 2. The zero-order valence-electron chi connectivity index (χ0n) is 19.9. The van der Waals surface area contributed by atoms with Gasteiger partial charge in [-0.2, -0.15) is 0 Å². The molecule has 0 aliphatic heterocycles. The van der Waals surface area contributed by atoms with E-state index in [1.807, 2.05) is 56.3 Å². The maximum Gasteiger partial charge on any atom is 0.251 e. The third-order valence-corrected chi connectivity index (χ3v) is 4.99. The maximum absolute atomic E-state index is 12.3. The molecule has 0 aliphatic rings. The highest BCUT2D eigenvalue weighted by Gasteiger charge is 2.14. The molecule has 0 bridgehead atoms. The van der Waals surface area contributed by atoms with E-state index >= 15 is 0 Å². The first-order chi connectivity index (χ1) is 15.2. The van der Waals surface area contributed by atoms with E-state index in [4.69, 9.17) is 9.47 Å². The van der Waals surface area contributed by atoms with Crippen molar-refractivity contribution in [2.75, 3.05) is 26.3 Å². The number of hydrogen-bond acceptors (Lipinski definition) is 4. The van der Waals surface area contributed by atoms with E-state index in [1.54, 1.807) is 0 Å². The number of benzene rings is 2. The van der Waals surface area contributed by atoms with Crippen molar-refractivity contribution in [3.8, 4) is 11.5 Å². The average Bonchev–Trinajstić information content (AvgIpc) is 2.75. The van der Waals surface area contributed by atoms with E-state index in [-0.39, 0.29) is 23.7 Å². The van der Waals surface area contributed by atoms with Gasteiger partial charge in [0.15, 0.2) is 11.5 Å². The molecule has 0 fully saturated rings. The molecule has 2 N–H and O–H groups in total. The van der Waals surface area contributed by atoms with Crippen LogP contribution in [0.3, 0.4) is 0 Å². The van der Waals surface area contributed by atoms with Crippen LogP contribution < -0.4 is 20.1 Å². The number of rotatable bonds is 11. The summed E-state index contributed by atoms with van der Waals surface area (Å²) in [6.45, 7) is 12.2. The first-order valence-electron chi connectivity index (χ1n) is 11.3. The van der Waals surface area contributed by atoms with Gasteiger partial charge in [-0.05, 0) is 61.1 Å². The number of carbonyl (C=O) groups is 2. The molecule has 0 saturated carbocycles. The molecule has 0 spiro atoms. The Kier molecular flexibility index (Phi) is 9.57. The van der Waals surface area contributed by atoms with Crippen LogP contribution in [0.2, 0.25) is 0 Å². The van der Waals surface area contributed by atoms with Gasteiger partial charge in [-0.25, -0.2) is 0 Å². The molecule has 0 aliphatic carbocycles. The Morgan fingerprint density at radius 2 is 1.50 bits per heavy atom. The van der Waals surface area contributed by atoms with Crippen molar-refractivity contribution in [3.63, 3.8) is 0 Å². The molecule has 0 saturated heterocycles. The van der Waals surface area contributed by atoms with Gasteiger partial charge in [0.2, 0.25) is 5.91 Å². The molecule has 0 unspecified atom stereocenters. The summed E-state index contributed by atoms with van der Waals surface area (Å²) in [7, 11) is 0. The van der Waals surface area contributed by atoms with E-state index in [1.165, 1.54) is 5.56 Å². The van der Waals surface area contributed by atoms with Gasteiger partial charge in [0.1, 0.15) is 0 Å². The van der Waals surface area contributed by atoms with Gasteiger partial charge in [-0.1, -0.05) is 39.0 Å². The molecular formula is C26H36N2O4. The Morgan fingerprint density at radius 1 is 0.844 bits per heavy atom. The summed E-state index contributed by atoms with van der Waals surface area (Å²) in [5.41, 5.74) is 2.88. The Labute approximate surface area is 191 Å². The maximum atomic E-state index is 12.3. The number of nitrogens with one attached hydrogen (secondary N) is 2. The number of hydrogen-bond donors (Lipinski definition) is 2. The van der Waals surface area contributed by atoms with Gasteiger partial charge in [0.25, 0.3) is 5.91 Å². The summed E-state index contributed by atoms with van der Waals surface area (Å²) in [6, 6.07) is 13.4. The summed E-state index contributed by atoms with van der Waals surface area (Å²) in [5.74, 6) is 1.18. The fraction of sp³-hybridized carbons (Fsp3) is 0.462. The summed E-state index contributed by atoms with van der Waals surface area (Å²) in [6.07, 6.45) is 0.921.